The molecular weight excluding hydrogens is 135 g/mol. The maximum atomic E-state index is 4.37. The van der Waals surface area contributed by atoms with Crippen LogP contribution in [0.4, 0.5) is 0 Å². The van der Waals surface area contributed by atoms with Crippen LogP contribution in [-0.4, -0.2) is 10.5 Å². The number of thiol groups is 1. The van der Waals surface area contributed by atoms with Crippen molar-refractivity contribution >= 4 is 26.8 Å². The molecule has 0 atom stereocenters. The normalized spacial score (nSPS) is 30.6. The van der Waals surface area contributed by atoms with E-state index >= 15 is 0 Å². The molecule has 0 N–H and O–H groups in total. The molecule has 2 heteroatoms. The van der Waals surface area contributed by atoms with Crippen molar-refractivity contribution < 1.29 is 0 Å². The SMILES string of the molecule is P=C1CCC(S)CC1. The van der Waals surface area contributed by atoms with Gasteiger partial charge in [-0.2, -0.15) is 12.6 Å². The summed E-state index contributed by atoms with van der Waals surface area (Å²) in [6.45, 7) is 0. The summed E-state index contributed by atoms with van der Waals surface area (Å²) in [7, 11) is 3.54. The molecule has 0 bridgehead atoms. The van der Waals surface area contributed by atoms with Gasteiger partial charge in [-0.3, -0.25) is 0 Å². The average Bonchev–Trinajstić information content (AvgIpc) is 1.77. The zero-order chi connectivity index (χ0) is 5.98. The molecule has 0 heterocycles. The van der Waals surface area contributed by atoms with Crippen LogP contribution < -0.4 is 0 Å². The van der Waals surface area contributed by atoms with Gasteiger partial charge < -0.3 is 0 Å². The Hall–Kier alpha value is 0.520. The molecule has 46 valence electrons. The topological polar surface area (TPSA) is 0 Å². The van der Waals surface area contributed by atoms with Crippen molar-refractivity contribution in [2.75, 3.05) is 0 Å². The van der Waals surface area contributed by atoms with Crippen LogP contribution in [0.1, 0.15) is 25.7 Å². The molecule has 1 rings (SSSR count). The van der Waals surface area contributed by atoms with Crippen molar-refractivity contribution in [2.45, 2.75) is 30.9 Å². The van der Waals surface area contributed by atoms with Crippen LogP contribution >= 0.6 is 21.5 Å². The highest BCUT2D eigenvalue weighted by Gasteiger charge is 2.10. The third-order valence-corrected chi connectivity index (χ3v) is 2.58. The van der Waals surface area contributed by atoms with Crippen molar-refractivity contribution in [3.05, 3.63) is 0 Å². The standard InChI is InChI=1S/C6H11PS/c7-5-1-3-6(8)4-2-5/h6-8H,1-4H2. The van der Waals surface area contributed by atoms with Crippen molar-refractivity contribution in [1.29, 1.82) is 0 Å². The summed E-state index contributed by atoms with van der Waals surface area (Å²) in [5.41, 5.74) is 0. The summed E-state index contributed by atoms with van der Waals surface area (Å²) < 4.78 is 0. The average molecular weight is 146 g/mol. The van der Waals surface area contributed by atoms with Gasteiger partial charge >= 0.3 is 0 Å². The highest BCUT2D eigenvalue weighted by atomic mass is 32.1. The van der Waals surface area contributed by atoms with Crippen molar-refractivity contribution in [2.24, 2.45) is 0 Å². The van der Waals surface area contributed by atoms with E-state index < -0.39 is 0 Å². The number of hydrogen-bond acceptors (Lipinski definition) is 1. The quantitative estimate of drug-likeness (QED) is 0.393. The first kappa shape index (κ1) is 6.64. The third kappa shape index (κ3) is 1.80. The Morgan fingerprint density at radius 2 is 1.88 bits per heavy atom. The monoisotopic (exact) mass is 146 g/mol. The van der Waals surface area contributed by atoms with Gasteiger partial charge in [0.2, 0.25) is 0 Å². The molecule has 1 saturated carbocycles. The molecule has 0 amide bonds. The van der Waals surface area contributed by atoms with E-state index in [-0.39, 0.29) is 0 Å². The largest absolute Gasteiger partial charge is 0.176 e. The fraction of sp³-hybridized carbons (Fsp3) is 0.833. The van der Waals surface area contributed by atoms with E-state index in [0.29, 0.717) is 5.25 Å². The molecule has 0 radical (unpaired) electrons. The minimum Gasteiger partial charge on any atom is -0.176 e. The smallest absolute Gasteiger partial charge is 0.00231 e. The second-order valence-electron chi connectivity index (χ2n) is 2.33. The highest BCUT2D eigenvalue weighted by Crippen LogP contribution is 2.20. The van der Waals surface area contributed by atoms with Crippen LogP contribution in [0.3, 0.4) is 0 Å². The van der Waals surface area contributed by atoms with Crippen molar-refractivity contribution in [1.82, 2.24) is 0 Å². The Labute approximate surface area is 58.3 Å². The summed E-state index contributed by atoms with van der Waals surface area (Å²) in [6.07, 6.45) is 4.96. The molecule has 0 saturated heterocycles. The zero-order valence-electron chi connectivity index (χ0n) is 4.85. The first-order chi connectivity index (χ1) is 3.79. The lowest BCUT2D eigenvalue weighted by Crippen LogP contribution is -2.11. The highest BCUT2D eigenvalue weighted by molar-refractivity contribution is 7.80. The van der Waals surface area contributed by atoms with Crippen LogP contribution in [0.2, 0.25) is 0 Å². The molecule has 1 fully saturated rings. The lowest BCUT2D eigenvalue weighted by molar-refractivity contribution is 0.697. The predicted octanol–water partition coefficient (Wildman–Crippen LogP) is 2.17. The Morgan fingerprint density at radius 3 is 2.25 bits per heavy atom. The molecule has 1 aliphatic rings. The molecule has 0 spiro atoms. The maximum absolute atomic E-state index is 4.37. The molecule has 0 aromatic rings. The summed E-state index contributed by atoms with van der Waals surface area (Å²) in [6, 6.07) is 0. The fourth-order valence-corrected chi connectivity index (χ4v) is 1.50. The van der Waals surface area contributed by atoms with Crippen LogP contribution in [-0.2, 0) is 0 Å². The second kappa shape index (κ2) is 2.89. The second-order valence-corrected chi connectivity index (χ2v) is 3.77. The molecule has 1 aliphatic carbocycles. The fourth-order valence-electron chi connectivity index (χ4n) is 0.951. The van der Waals surface area contributed by atoms with E-state index in [0.717, 1.165) is 0 Å². The van der Waals surface area contributed by atoms with Crippen LogP contribution in [0.5, 0.6) is 0 Å². The van der Waals surface area contributed by atoms with E-state index in [2.05, 4.69) is 21.5 Å². The molecule has 0 aromatic carbocycles. The Kier molecular flexibility index (Phi) is 2.40. The van der Waals surface area contributed by atoms with Gasteiger partial charge in [-0.15, -0.1) is 8.86 Å². The summed E-state index contributed by atoms with van der Waals surface area (Å²) in [4.78, 5) is 0. The van der Waals surface area contributed by atoms with Gasteiger partial charge in [0.05, 0.1) is 0 Å². The lowest BCUT2D eigenvalue weighted by Gasteiger charge is -2.17. The van der Waals surface area contributed by atoms with E-state index in [1.54, 1.807) is 0 Å². The van der Waals surface area contributed by atoms with Crippen LogP contribution in [0, 0.1) is 0 Å². The van der Waals surface area contributed by atoms with Crippen molar-refractivity contribution in [3.63, 3.8) is 0 Å². The molecule has 8 heavy (non-hydrogen) atoms. The molecule has 0 aliphatic heterocycles. The minimum absolute atomic E-state index is 0.662. The first-order valence-corrected chi connectivity index (χ1v) is 4.05. The van der Waals surface area contributed by atoms with E-state index in [9.17, 15) is 0 Å². The van der Waals surface area contributed by atoms with Gasteiger partial charge in [0.25, 0.3) is 0 Å². The molecule has 0 aromatic heterocycles. The van der Waals surface area contributed by atoms with E-state index in [1.165, 1.54) is 31.0 Å². The maximum Gasteiger partial charge on any atom is 0.00231 e. The van der Waals surface area contributed by atoms with E-state index in [4.69, 9.17) is 0 Å². The van der Waals surface area contributed by atoms with Gasteiger partial charge in [-0.05, 0) is 25.7 Å². The number of rotatable bonds is 0. The summed E-state index contributed by atoms with van der Waals surface area (Å²) in [5.74, 6) is 0. The Bertz CT molecular complexity index is 90.7. The van der Waals surface area contributed by atoms with Gasteiger partial charge in [0, 0.05) is 5.25 Å². The number of hydrogen-bond donors (Lipinski definition) is 1. The van der Waals surface area contributed by atoms with Crippen LogP contribution in [0.25, 0.3) is 0 Å². The van der Waals surface area contributed by atoms with Crippen LogP contribution in [0.15, 0.2) is 0 Å². The summed E-state index contributed by atoms with van der Waals surface area (Å²) >= 11 is 4.37. The van der Waals surface area contributed by atoms with Gasteiger partial charge in [0.1, 0.15) is 0 Å². The lowest BCUT2D eigenvalue weighted by atomic mass is 10.0. The minimum atomic E-state index is 0.662. The van der Waals surface area contributed by atoms with Gasteiger partial charge in [-0.25, -0.2) is 0 Å². The van der Waals surface area contributed by atoms with Crippen molar-refractivity contribution in [3.8, 4) is 0 Å². The van der Waals surface area contributed by atoms with E-state index in [1.807, 2.05) is 0 Å². The molecule has 0 unspecified atom stereocenters. The zero-order valence-corrected chi connectivity index (χ0v) is 6.75. The predicted molar refractivity (Wildman–Crippen MR) is 44.6 cm³/mol. The molecular formula is C6H11PS. The van der Waals surface area contributed by atoms with Gasteiger partial charge in [0.15, 0.2) is 0 Å². The van der Waals surface area contributed by atoms with Gasteiger partial charge in [-0.1, -0.05) is 5.29 Å². The Morgan fingerprint density at radius 1 is 1.38 bits per heavy atom. The Balaban J connectivity index is 2.29. The third-order valence-electron chi connectivity index (χ3n) is 1.56. The first-order valence-electron chi connectivity index (χ1n) is 3.03. The summed E-state index contributed by atoms with van der Waals surface area (Å²) in [5, 5.41) is 2.13. The molecule has 0 nitrogen and oxygen atoms in total.